The van der Waals surface area contributed by atoms with Gasteiger partial charge in [0, 0.05) is 25.3 Å². The van der Waals surface area contributed by atoms with Gasteiger partial charge in [-0.05, 0) is 67.6 Å². The lowest BCUT2D eigenvalue weighted by Crippen LogP contribution is -2.33. The summed E-state index contributed by atoms with van der Waals surface area (Å²) in [7, 11) is 0. The van der Waals surface area contributed by atoms with Crippen LogP contribution in [0.25, 0.3) is 0 Å². The Hall–Kier alpha value is -3.02. The summed E-state index contributed by atoms with van der Waals surface area (Å²) in [6.07, 6.45) is 3.62. The van der Waals surface area contributed by atoms with Crippen LogP contribution in [0, 0.1) is 5.92 Å². The number of para-hydroxylation sites is 1. The molecule has 6 heteroatoms. The molecule has 1 atom stereocenters. The van der Waals surface area contributed by atoms with Gasteiger partial charge < -0.3 is 14.5 Å². The van der Waals surface area contributed by atoms with Crippen molar-refractivity contribution in [2.75, 3.05) is 37.7 Å². The molecule has 3 rings (SSSR count). The van der Waals surface area contributed by atoms with E-state index in [1.165, 1.54) is 0 Å². The highest BCUT2D eigenvalue weighted by Crippen LogP contribution is 2.21. The topological polar surface area (TPSA) is 54.4 Å². The zero-order valence-electron chi connectivity index (χ0n) is 17.9. The van der Waals surface area contributed by atoms with Crippen LogP contribution in [0.1, 0.15) is 32.3 Å². The monoisotopic (exact) mass is 409 g/mol. The number of oxime groups is 1. The van der Waals surface area contributed by atoms with Gasteiger partial charge >= 0.3 is 6.03 Å². The van der Waals surface area contributed by atoms with E-state index in [1.54, 1.807) is 6.21 Å². The van der Waals surface area contributed by atoms with Gasteiger partial charge in [0.2, 0.25) is 0 Å². The number of ether oxygens (including phenoxy) is 1. The van der Waals surface area contributed by atoms with Crippen molar-refractivity contribution in [1.82, 2.24) is 4.90 Å². The van der Waals surface area contributed by atoms with Gasteiger partial charge in [-0.2, -0.15) is 0 Å². The maximum Gasteiger partial charge on any atom is 0.324 e. The van der Waals surface area contributed by atoms with Gasteiger partial charge in [-0.15, -0.1) is 0 Å². The van der Waals surface area contributed by atoms with E-state index in [1.807, 2.05) is 71.3 Å². The number of benzene rings is 2. The number of rotatable bonds is 11. The van der Waals surface area contributed by atoms with Gasteiger partial charge in [0.15, 0.2) is 0 Å². The molecule has 1 aliphatic rings. The van der Waals surface area contributed by atoms with Crippen LogP contribution >= 0.6 is 0 Å². The van der Waals surface area contributed by atoms with E-state index < -0.39 is 0 Å². The summed E-state index contributed by atoms with van der Waals surface area (Å²) in [5, 5.41) is 3.86. The molecule has 1 unspecified atom stereocenters. The zero-order chi connectivity index (χ0) is 21.2. The Balaban J connectivity index is 1.35. The predicted molar refractivity (Wildman–Crippen MR) is 120 cm³/mol. The van der Waals surface area contributed by atoms with E-state index in [0.717, 1.165) is 49.5 Å². The Morgan fingerprint density at radius 3 is 2.57 bits per heavy atom. The second-order valence-electron chi connectivity index (χ2n) is 7.51. The molecule has 2 aromatic carbocycles. The number of hydrogen-bond acceptors (Lipinski definition) is 4. The predicted octanol–water partition coefficient (Wildman–Crippen LogP) is 4.79. The van der Waals surface area contributed by atoms with Crippen molar-refractivity contribution in [3.8, 4) is 5.75 Å². The van der Waals surface area contributed by atoms with Gasteiger partial charge in [0.05, 0.1) is 12.8 Å². The zero-order valence-corrected chi connectivity index (χ0v) is 17.9. The lowest BCUT2D eigenvalue weighted by atomic mass is 10.0. The van der Waals surface area contributed by atoms with Gasteiger partial charge in [-0.1, -0.05) is 30.3 Å². The van der Waals surface area contributed by atoms with Crippen LogP contribution < -0.4 is 9.64 Å². The van der Waals surface area contributed by atoms with Crippen molar-refractivity contribution in [2.45, 2.75) is 26.7 Å². The van der Waals surface area contributed by atoms with E-state index in [9.17, 15) is 4.79 Å². The third-order valence-electron chi connectivity index (χ3n) is 5.22. The van der Waals surface area contributed by atoms with Crippen molar-refractivity contribution >= 4 is 17.9 Å². The van der Waals surface area contributed by atoms with Crippen LogP contribution in [-0.4, -0.2) is 50.0 Å². The van der Waals surface area contributed by atoms with Crippen LogP contribution in [0.3, 0.4) is 0 Å². The second kappa shape index (κ2) is 11.2. The average molecular weight is 410 g/mol. The maximum atomic E-state index is 12.6. The smallest absolute Gasteiger partial charge is 0.324 e. The van der Waals surface area contributed by atoms with Crippen molar-refractivity contribution < 1.29 is 14.4 Å². The van der Waals surface area contributed by atoms with Crippen LogP contribution in [0.4, 0.5) is 10.5 Å². The van der Waals surface area contributed by atoms with E-state index in [0.29, 0.717) is 19.1 Å². The number of hydrogen-bond donors (Lipinski definition) is 0. The molecule has 0 N–H and O–H groups in total. The fraction of sp³-hybridized carbons (Fsp3) is 0.417. The van der Waals surface area contributed by atoms with Crippen LogP contribution in [0.5, 0.6) is 5.75 Å². The van der Waals surface area contributed by atoms with E-state index in [2.05, 4.69) is 12.1 Å². The van der Waals surface area contributed by atoms with E-state index in [-0.39, 0.29) is 6.03 Å². The molecule has 0 bridgehead atoms. The molecule has 0 spiro atoms. The lowest BCUT2D eigenvalue weighted by molar-refractivity contribution is 0.160. The number of urea groups is 1. The van der Waals surface area contributed by atoms with Crippen LogP contribution in [0.2, 0.25) is 0 Å². The molecule has 30 heavy (non-hydrogen) atoms. The minimum Gasteiger partial charge on any atom is -0.494 e. The molecule has 0 saturated carbocycles. The lowest BCUT2D eigenvalue weighted by Gasteiger charge is -2.20. The molecule has 1 heterocycles. The highest BCUT2D eigenvalue weighted by Gasteiger charge is 2.29. The largest absolute Gasteiger partial charge is 0.494 e. The molecule has 1 fully saturated rings. The van der Waals surface area contributed by atoms with Crippen LogP contribution in [0.15, 0.2) is 59.8 Å². The average Bonchev–Trinajstić information content (AvgIpc) is 3.14. The summed E-state index contributed by atoms with van der Waals surface area (Å²) in [5.41, 5.74) is 1.95. The third kappa shape index (κ3) is 6.24. The third-order valence-corrected chi connectivity index (χ3v) is 5.22. The summed E-state index contributed by atoms with van der Waals surface area (Å²) in [6, 6.07) is 17.8. The van der Waals surface area contributed by atoms with Crippen LogP contribution in [-0.2, 0) is 4.84 Å². The normalized spacial score (nSPS) is 15.1. The minimum atomic E-state index is 0.109. The van der Waals surface area contributed by atoms with Gasteiger partial charge in [0.1, 0.15) is 12.4 Å². The highest BCUT2D eigenvalue weighted by atomic mass is 16.6. The number of carbonyl (C=O) groups is 1. The van der Waals surface area contributed by atoms with Gasteiger partial charge in [0.25, 0.3) is 0 Å². The van der Waals surface area contributed by atoms with Crippen molar-refractivity contribution in [1.29, 1.82) is 0 Å². The molecule has 2 amide bonds. The molecular weight excluding hydrogens is 378 g/mol. The van der Waals surface area contributed by atoms with Gasteiger partial charge in [-0.3, -0.25) is 4.90 Å². The Bertz CT molecular complexity index is 808. The molecule has 1 aliphatic heterocycles. The summed E-state index contributed by atoms with van der Waals surface area (Å²) in [5.74, 6) is 1.34. The summed E-state index contributed by atoms with van der Waals surface area (Å²) < 4.78 is 5.86. The number of nitrogens with zero attached hydrogens (tertiary/aromatic N) is 3. The molecule has 0 aromatic heterocycles. The maximum absolute atomic E-state index is 12.6. The summed E-state index contributed by atoms with van der Waals surface area (Å²) in [6.45, 7) is 7.67. The van der Waals surface area contributed by atoms with E-state index >= 15 is 0 Å². The Morgan fingerprint density at radius 2 is 1.83 bits per heavy atom. The molecular formula is C24H31N3O3. The number of carbonyl (C=O) groups excluding carboxylic acids is 1. The first-order valence-corrected chi connectivity index (χ1v) is 10.7. The quantitative estimate of drug-likeness (QED) is 0.396. The Labute approximate surface area is 179 Å². The second-order valence-corrected chi connectivity index (χ2v) is 7.51. The van der Waals surface area contributed by atoms with Crippen molar-refractivity contribution in [2.24, 2.45) is 11.1 Å². The first-order valence-electron chi connectivity index (χ1n) is 10.7. The SMILES string of the molecule is CCO/N=C/c1ccc(OCCC(C)CCN2CCN(c3ccccc3)C2=O)cc1. The first-order chi connectivity index (χ1) is 14.7. The molecule has 0 radical (unpaired) electrons. The van der Waals surface area contributed by atoms with Gasteiger partial charge in [-0.25, -0.2) is 4.79 Å². The van der Waals surface area contributed by atoms with E-state index in [4.69, 9.17) is 9.57 Å². The molecule has 1 saturated heterocycles. The van der Waals surface area contributed by atoms with Crippen molar-refractivity contribution in [3.63, 3.8) is 0 Å². The first kappa shape index (κ1) is 21.7. The summed E-state index contributed by atoms with van der Waals surface area (Å²) in [4.78, 5) is 21.4. The molecule has 160 valence electrons. The standard InChI is InChI=1S/C24H31N3O3/c1-3-30-25-19-21-9-11-23(12-10-21)29-18-14-20(2)13-15-26-16-17-27(24(26)28)22-7-5-4-6-8-22/h4-12,19-20H,3,13-18H2,1-2H3/b25-19+. The fourth-order valence-electron chi connectivity index (χ4n) is 3.36. The fourth-order valence-corrected chi connectivity index (χ4v) is 3.36. The number of amides is 2. The Morgan fingerprint density at radius 1 is 1.07 bits per heavy atom. The number of anilines is 1. The highest BCUT2D eigenvalue weighted by molar-refractivity contribution is 5.94. The molecule has 0 aliphatic carbocycles. The molecule has 6 nitrogen and oxygen atoms in total. The Kier molecular flexibility index (Phi) is 8.12. The molecule has 2 aromatic rings. The van der Waals surface area contributed by atoms with Crippen molar-refractivity contribution in [3.05, 3.63) is 60.2 Å². The summed E-state index contributed by atoms with van der Waals surface area (Å²) >= 11 is 0. The minimum absolute atomic E-state index is 0.109.